The van der Waals surface area contributed by atoms with Gasteiger partial charge in [-0.15, -0.1) is 0 Å². The highest BCUT2D eigenvalue weighted by atomic mass is 16.5. The van der Waals surface area contributed by atoms with Crippen molar-refractivity contribution in [2.45, 2.75) is 0 Å². The Morgan fingerprint density at radius 3 is 2.39 bits per heavy atom. The molecule has 1 heterocycles. The van der Waals surface area contributed by atoms with Gasteiger partial charge in [0.25, 0.3) is 11.5 Å². The van der Waals surface area contributed by atoms with Gasteiger partial charge in [0.1, 0.15) is 5.75 Å². The van der Waals surface area contributed by atoms with E-state index in [0.29, 0.717) is 11.3 Å². The minimum atomic E-state index is -0.761. The zero-order chi connectivity index (χ0) is 13.1. The van der Waals surface area contributed by atoms with Gasteiger partial charge in [-0.2, -0.15) is 0 Å². The summed E-state index contributed by atoms with van der Waals surface area (Å²) in [6, 6.07) is 7.42. The fraction of sp³-hybridized carbons (Fsp3) is 0.0833. The lowest BCUT2D eigenvalue weighted by atomic mass is 10.2. The Kier molecular flexibility index (Phi) is 3.09. The molecule has 0 amide bonds. The molecule has 6 heteroatoms. The van der Waals surface area contributed by atoms with Gasteiger partial charge in [0, 0.05) is 17.8 Å². The maximum Gasteiger partial charge on any atom is 0.335 e. The van der Waals surface area contributed by atoms with Crippen molar-refractivity contribution < 1.29 is 9.53 Å². The number of nitrogens with one attached hydrogen (secondary N) is 1. The largest absolute Gasteiger partial charge is 0.497 e. The normalized spacial score (nSPS) is 10.1. The van der Waals surface area contributed by atoms with Crippen LogP contribution in [0.3, 0.4) is 0 Å². The number of aromatic amines is 1. The van der Waals surface area contributed by atoms with Crippen LogP contribution in [-0.4, -0.2) is 22.6 Å². The van der Waals surface area contributed by atoms with Crippen molar-refractivity contribution in [3.05, 3.63) is 62.9 Å². The van der Waals surface area contributed by atoms with E-state index in [1.54, 1.807) is 24.3 Å². The Labute approximate surface area is 101 Å². The average Bonchev–Trinajstić information content (AvgIpc) is 2.38. The van der Waals surface area contributed by atoms with Crippen molar-refractivity contribution in [1.82, 2.24) is 9.55 Å². The molecular formula is C12H10N2O4. The fourth-order valence-electron chi connectivity index (χ4n) is 1.45. The zero-order valence-electron chi connectivity index (χ0n) is 9.54. The van der Waals surface area contributed by atoms with Crippen molar-refractivity contribution in [1.29, 1.82) is 0 Å². The Morgan fingerprint density at radius 2 is 1.83 bits per heavy atom. The average molecular weight is 246 g/mol. The number of nitrogens with zero attached hydrogens (tertiary/aromatic N) is 1. The van der Waals surface area contributed by atoms with Crippen molar-refractivity contribution in [3.8, 4) is 5.75 Å². The van der Waals surface area contributed by atoms with E-state index in [1.807, 2.05) is 4.98 Å². The lowest BCUT2D eigenvalue weighted by molar-refractivity contribution is 0.0954. The minimum absolute atomic E-state index is 0.324. The van der Waals surface area contributed by atoms with E-state index in [2.05, 4.69) is 0 Å². The van der Waals surface area contributed by atoms with Crippen LogP contribution in [0.5, 0.6) is 5.75 Å². The molecule has 18 heavy (non-hydrogen) atoms. The van der Waals surface area contributed by atoms with Gasteiger partial charge >= 0.3 is 5.69 Å². The number of H-pyrrole nitrogens is 1. The van der Waals surface area contributed by atoms with Crippen molar-refractivity contribution in [3.63, 3.8) is 0 Å². The summed E-state index contributed by atoms with van der Waals surface area (Å²) in [7, 11) is 1.52. The summed E-state index contributed by atoms with van der Waals surface area (Å²) in [6.07, 6.45) is 1.15. The van der Waals surface area contributed by atoms with E-state index >= 15 is 0 Å². The molecule has 0 aliphatic rings. The Bertz CT molecular complexity index is 682. The number of hydrogen-bond acceptors (Lipinski definition) is 4. The van der Waals surface area contributed by atoms with Crippen LogP contribution >= 0.6 is 0 Å². The third-order valence-electron chi connectivity index (χ3n) is 2.38. The van der Waals surface area contributed by atoms with Crippen molar-refractivity contribution >= 4 is 5.91 Å². The second-order valence-corrected chi connectivity index (χ2v) is 3.51. The molecule has 2 aromatic rings. The maximum atomic E-state index is 12.0. The SMILES string of the molecule is COc1ccc(C(=O)n2ccc(=O)[nH]c2=O)cc1. The highest BCUT2D eigenvalue weighted by molar-refractivity contribution is 5.95. The molecule has 0 saturated heterocycles. The van der Waals surface area contributed by atoms with E-state index in [0.717, 1.165) is 16.8 Å². The Morgan fingerprint density at radius 1 is 1.17 bits per heavy atom. The standard InChI is InChI=1S/C12H10N2O4/c1-18-9-4-2-8(3-5-9)11(16)14-7-6-10(15)13-12(14)17/h2-7H,1H3,(H,13,15,17). The fourth-order valence-corrected chi connectivity index (χ4v) is 1.45. The highest BCUT2D eigenvalue weighted by Gasteiger charge is 2.10. The topological polar surface area (TPSA) is 81.2 Å². The number of rotatable bonds is 2. The molecule has 0 radical (unpaired) electrons. The molecule has 0 aliphatic carbocycles. The monoisotopic (exact) mass is 246 g/mol. The molecule has 92 valence electrons. The van der Waals surface area contributed by atoms with Gasteiger partial charge in [0.15, 0.2) is 0 Å². The Hall–Kier alpha value is -2.63. The summed E-state index contributed by atoms with van der Waals surface area (Å²) < 4.78 is 5.80. The van der Waals surface area contributed by atoms with Gasteiger partial charge in [-0.05, 0) is 24.3 Å². The summed E-state index contributed by atoms with van der Waals surface area (Å²) in [5.74, 6) is 0.0965. The van der Waals surface area contributed by atoms with E-state index < -0.39 is 17.2 Å². The second kappa shape index (κ2) is 4.70. The van der Waals surface area contributed by atoms with Crippen molar-refractivity contribution in [2.24, 2.45) is 0 Å². The molecule has 1 aromatic carbocycles. The van der Waals surface area contributed by atoms with Crippen LogP contribution < -0.4 is 16.0 Å². The minimum Gasteiger partial charge on any atom is -0.497 e. The number of aromatic nitrogens is 2. The predicted octanol–water partition coefficient (Wildman–Crippen LogP) is 0.234. The van der Waals surface area contributed by atoms with Crippen LogP contribution in [-0.2, 0) is 0 Å². The van der Waals surface area contributed by atoms with E-state index in [4.69, 9.17) is 4.74 Å². The van der Waals surface area contributed by atoms with Crippen LogP contribution in [0.2, 0.25) is 0 Å². The van der Waals surface area contributed by atoms with Crippen molar-refractivity contribution in [2.75, 3.05) is 7.11 Å². The number of hydrogen-bond donors (Lipinski definition) is 1. The molecule has 2 rings (SSSR count). The molecule has 0 spiro atoms. The first-order valence-electron chi connectivity index (χ1n) is 5.12. The first kappa shape index (κ1) is 11.8. The summed E-state index contributed by atoms with van der Waals surface area (Å²) >= 11 is 0. The molecule has 6 nitrogen and oxygen atoms in total. The predicted molar refractivity (Wildman–Crippen MR) is 64.0 cm³/mol. The molecule has 0 aliphatic heterocycles. The van der Waals surface area contributed by atoms with Gasteiger partial charge in [0.2, 0.25) is 0 Å². The van der Waals surface area contributed by atoms with Crippen LogP contribution in [0.1, 0.15) is 10.4 Å². The maximum absolute atomic E-state index is 12.0. The summed E-state index contributed by atoms with van der Waals surface area (Å²) in [5, 5.41) is 0. The van der Waals surface area contributed by atoms with Gasteiger partial charge in [-0.3, -0.25) is 14.6 Å². The molecule has 0 atom stereocenters. The van der Waals surface area contributed by atoms with E-state index in [9.17, 15) is 14.4 Å². The number of carbonyl (C=O) groups excluding carboxylic acids is 1. The number of methoxy groups -OCH3 is 1. The summed E-state index contributed by atoms with van der Waals surface area (Å²) in [5.41, 5.74) is -0.980. The summed E-state index contributed by atoms with van der Waals surface area (Å²) in [4.78, 5) is 36.3. The number of ether oxygens (including phenoxy) is 1. The molecule has 1 aromatic heterocycles. The number of benzene rings is 1. The van der Waals surface area contributed by atoms with Crippen LogP contribution in [0.4, 0.5) is 0 Å². The number of carbonyl (C=O) groups is 1. The second-order valence-electron chi connectivity index (χ2n) is 3.51. The lowest BCUT2D eigenvalue weighted by Crippen LogP contribution is -2.33. The molecule has 0 fully saturated rings. The van der Waals surface area contributed by atoms with Gasteiger partial charge in [-0.1, -0.05) is 0 Å². The molecule has 0 unspecified atom stereocenters. The molecule has 0 bridgehead atoms. The van der Waals surface area contributed by atoms with E-state index in [1.165, 1.54) is 7.11 Å². The van der Waals surface area contributed by atoms with Gasteiger partial charge < -0.3 is 4.74 Å². The third-order valence-corrected chi connectivity index (χ3v) is 2.38. The summed E-state index contributed by atoms with van der Waals surface area (Å²) in [6.45, 7) is 0. The highest BCUT2D eigenvalue weighted by Crippen LogP contribution is 2.11. The van der Waals surface area contributed by atoms with Gasteiger partial charge in [0.05, 0.1) is 7.11 Å². The smallest absolute Gasteiger partial charge is 0.335 e. The molecule has 0 saturated carbocycles. The van der Waals surface area contributed by atoms with Crippen LogP contribution in [0, 0.1) is 0 Å². The third kappa shape index (κ3) is 2.22. The lowest BCUT2D eigenvalue weighted by Gasteiger charge is -2.04. The van der Waals surface area contributed by atoms with Crippen LogP contribution in [0.25, 0.3) is 0 Å². The van der Waals surface area contributed by atoms with Crippen LogP contribution in [0.15, 0.2) is 46.1 Å². The van der Waals surface area contributed by atoms with E-state index in [-0.39, 0.29) is 0 Å². The zero-order valence-corrected chi connectivity index (χ0v) is 9.54. The van der Waals surface area contributed by atoms with Gasteiger partial charge in [-0.25, -0.2) is 9.36 Å². The Balaban J connectivity index is 2.41. The first-order valence-corrected chi connectivity index (χ1v) is 5.12. The molecule has 1 N–H and O–H groups in total. The molecular weight excluding hydrogens is 236 g/mol. The quantitative estimate of drug-likeness (QED) is 0.822. The first-order chi connectivity index (χ1) is 8.61.